The smallest absolute Gasteiger partial charge is 0.238 e. The van der Waals surface area contributed by atoms with Crippen LogP contribution in [-0.4, -0.2) is 42.5 Å². The van der Waals surface area contributed by atoms with Gasteiger partial charge < -0.3 is 10.6 Å². The van der Waals surface area contributed by atoms with E-state index in [1.54, 1.807) is 0 Å². The molecule has 0 unspecified atom stereocenters. The van der Waals surface area contributed by atoms with Crippen LogP contribution < -0.4 is 10.6 Å². The van der Waals surface area contributed by atoms with Crippen LogP contribution in [0.4, 0.5) is 5.69 Å². The van der Waals surface area contributed by atoms with Crippen LogP contribution in [0.25, 0.3) is 0 Å². The van der Waals surface area contributed by atoms with Crippen LogP contribution in [-0.2, 0) is 4.79 Å². The van der Waals surface area contributed by atoms with Crippen molar-refractivity contribution in [2.75, 3.05) is 31.5 Å². The van der Waals surface area contributed by atoms with Gasteiger partial charge in [0.1, 0.15) is 0 Å². The van der Waals surface area contributed by atoms with E-state index < -0.39 is 0 Å². The van der Waals surface area contributed by atoms with Crippen molar-refractivity contribution in [2.24, 2.45) is 0 Å². The van der Waals surface area contributed by atoms with Gasteiger partial charge in [-0.2, -0.15) is 0 Å². The molecule has 1 saturated carbocycles. The van der Waals surface area contributed by atoms with Crippen LogP contribution in [0.1, 0.15) is 37.7 Å². The molecule has 1 aliphatic carbocycles. The largest absolute Gasteiger partial charge is 0.325 e. The van der Waals surface area contributed by atoms with Gasteiger partial charge in [-0.25, -0.2) is 0 Å². The molecule has 2 fully saturated rings. The lowest BCUT2D eigenvalue weighted by Crippen LogP contribution is -2.63. The number of hydrogen-bond acceptors (Lipinski definition) is 3. The molecule has 1 saturated heterocycles. The molecule has 4 nitrogen and oxygen atoms in total. The molecular weight excluding hydrogens is 310 g/mol. The summed E-state index contributed by atoms with van der Waals surface area (Å²) in [6.45, 7) is 5.32. The van der Waals surface area contributed by atoms with Crippen molar-refractivity contribution in [3.63, 3.8) is 0 Å². The fourth-order valence-corrected chi connectivity index (χ4v) is 4.11. The summed E-state index contributed by atoms with van der Waals surface area (Å²) in [5.74, 6) is 0.0576. The Kier molecular flexibility index (Phi) is 5.24. The maximum absolute atomic E-state index is 12.6. The number of anilines is 1. The van der Waals surface area contributed by atoms with E-state index in [1.807, 2.05) is 25.1 Å². The van der Waals surface area contributed by atoms with Crippen molar-refractivity contribution >= 4 is 23.2 Å². The minimum atomic E-state index is 0.0576. The van der Waals surface area contributed by atoms with Crippen molar-refractivity contribution in [3.8, 4) is 0 Å². The van der Waals surface area contributed by atoms with E-state index in [4.69, 9.17) is 11.6 Å². The van der Waals surface area contributed by atoms with E-state index in [0.29, 0.717) is 11.6 Å². The Bertz CT molecular complexity index is 561. The average Bonchev–Trinajstić information content (AvgIpc) is 2.55. The summed E-state index contributed by atoms with van der Waals surface area (Å²) in [6, 6.07) is 5.63. The summed E-state index contributed by atoms with van der Waals surface area (Å²) >= 11 is 6.14. The van der Waals surface area contributed by atoms with E-state index in [2.05, 4.69) is 15.5 Å². The Morgan fingerprint density at radius 2 is 2.13 bits per heavy atom. The zero-order chi connectivity index (χ0) is 16.3. The SMILES string of the molecule is Cc1c(Cl)cccc1NC(=O)CN1CCNCC12CCCCC2. The normalized spacial score (nSPS) is 21.3. The van der Waals surface area contributed by atoms with Gasteiger partial charge in [0.15, 0.2) is 0 Å². The van der Waals surface area contributed by atoms with Gasteiger partial charge in [0.25, 0.3) is 0 Å². The van der Waals surface area contributed by atoms with Crippen LogP contribution >= 0.6 is 11.6 Å². The molecule has 2 N–H and O–H groups in total. The van der Waals surface area contributed by atoms with Crippen molar-refractivity contribution in [2.45, 2.75) is 44.6 Å². The zero-order valence-electron chi connectivity index (χ0n) is 13.8. The van der Waals surface area contributed by atoms with E-state index >= 15 is 0 Å². The van der Waals surface area contributed by atoms with E-state index in [9.17, 15) is 4.79 Å². The minimum Gasteiger partial charge on any atom is -0.325 e. The second kappa shape index (κ2) is 7.20. The van der Waals surface area contributed by atoms with Crippen LogP contribution in [0.5, 0.6) is 0 Å². The third-order valence-corrected chi connectivity index (χ3v) is 5.75. The first kappa shape index (κ1) is 16.7. The highest BCUT2D eigenvalue weighted by molar-refractivity contribution is 6.31. The first-order chi connectivity index (χ1) is 11.1. The van der Waals surface area contributed by atoms with Crippen molar-refractivity contribution in [1.82, 2.24) is 10.2 Å². The maximum atomic E-state index is 12.6. The fourth-order valence-electron chi connectivity index (χ4n) is 3.94. The van der Waals surface area contributed by atoms with Gasteiger partial charge in [-0.1, -0.05) is 36.9 Å². The van der Waals surface area contributed by atoms with Gasteiger partial charge in [0, 0.05) is 35.9 Å². The van der Waals surface area contributed by atoms with E-state index in [0.717, 1.165) is 30.9 Å². The quantitative estimate of drug-likeness (QED) is 0.891. The third-order valence-electron chi connectivity index (χ3n) is 5.34. The number of carbonyl (C=O) groups is 1. The number of piperazine rings is 1. The predicted octanol–water partition coefficient (Wildman–Crippen LogP) is 3.20. The summed E-state index contributed by atoms with van der Waals surface area (Å²) in [6.07, 6.45) is 6.26. The molecule has 0 bridgehead atoms. The summed E-state index contributed by atoms with van der Waals surface area (Å²) in [5.41, 5.74) is 1.92. The van der Waals surface area contributed by atoms with Gasteiger partial charge in [-0.05, 0) is 37.5 Å². The molecule has 1 amide bonds. The molecule has 5 heteroatoms. The van der Waals surface area contributed by atoms with Crippen LogP contribution in [0.2, 0.25) is 5.02 Å². The number of halogens is 1. The van der Waals surface area contributed by atoms with Crippen molar-refractivity contribution < 1.29 is 4.79 Å². The maximum Gasteiger partial charge on any atom is 0.238 e. The summed E-state index contributed by atoms with van der Waals surface area (Å²) < 4.78 is 0. The van der Waals surface area contributed by atoms with Crippen LogP contribution in [0, 0.1) is 6.92 Å². The Morgan fingerprint density at radius 3 is 2.91 bits per heavy atom. The number of hydrogen-bond donors (Lipinski definition) is 2. The second-order valence-electron chi connectivity index (χ2n) is 6.84. The average molecular weight is 336 g/mol. The molecule has 23 heavy (non-hydrogen) atoms. The van der Waals surface area contributed by atoms with Gasteiger partial charge >= 0.3 is 0 Å². The number of benzene rings is 1. The molecule has 0 radical (unpaired) electrons. The molecule has 1 aliphatic heterocycles. The molecule has 126 valence electrons. The number of nitrogens with one attached hydrogen (secondary N) is 2. The molecule has 0 aromatic heterocycles. The zero-order valence-corrected chi connectivity index (χ0v) is 14.6. The Labute approximate surface area is 143 Å². The first-order valence-electron chi connectivity index (χ1n) is 8.61. The monoisotopic (exact) mass is 335 g/mol. The predicted molar refractivity (Wildman–Crippen MR) is 95.1 cm³/mol. The van der Waals surface area contributed by atoms with Crippen molar-refractivity contribution in [1.29, 1.82) is 0 Å². The molecule has 1 heterocycles. The highest BCUT2D eigenvalue weighted by Crippen LogP contribution is 2.34. The van der Waals surface area contributed by atoms with Crippen molar-refractivity contribution in [3.05, 3.63) is 28.8 Å². The number of carbonyl (C=O) groups excluding carboxylic acids is 1. The summed E-state index contributed by atoms with van der Waals surface area (Å²) in [5, 5.41) is 7.25. The van der Waals surface area contributed by atoms with E-state index in [-0.39, 0.29) is 11.4 Å². The highest BCUT2D eigenvalue weighted by atomic mass is 35.5. The molecule has 1 aromatic carbocycles. The van der Waals surface area contributed by atoms with Crippen LogP contribution in [0.3, 0.4) is 0 Å². The first-order valence-corrected chi connectivity index (χ1v) is 8.99. The number of amides is 1. The number of rotatable bonds is 3. The lowest BCUT2D eigenvalue weighted by molar-refractivity contribution is -0.120. The Balaban J connectivity index is 1.67. The Hall–Kier alpha value is -1.10. The topological polar surface area (TPSA) is 44.4 Å². The van der Waals surface area contributed by atoms with Gasteiger partial charge in [0.2, 0.25) is 5.91 Å². The summed E-state index contributed by atoms with van der Waals surface area (Å²) in [4.78, 5) is 15.0. The minimum absolute atomic E-state index is 0.0576. The van der Waals surface area contributed by atoms with E-state index in [1.165, 1.54) is 32.1 Å². The molecule has 1 spiro atoms. The lowest BCUT2D eigenvalue weighted by atomic mass is 9.79. The molecular formula is C18H26ClN3O. The lowest BCUT2D eigenvalue weighted by Gasteiger charge is -2.49. The molecule has 2 aliphatic rings. The van der Waals surface area contributed by atoms with Crippen LogP contribution in [0.15, 0.2) is 18.2 Å². The molecule has 0 atom stereocenters. The standard InChI is InChI=1S/C18H26ClN3O/c1-14-15(19)6-5-7-16(14)21-17(23)12-22-11-10-20-13-18(22)8-3-2-4-9-18/h5-7,20H,2-4,8-13H2,1H3,(H,21,23). The third kappa shape index (κ3) is 3.70. The summed E-state index contributed by atoms with van der Waals surface area (Å²) in [7, 11) is 0. The van der Waals surface area contributed by atoms with Gasteiger partial charge in [-0.3, -0.25) is 9.69 Å². The highest BCUT2D eigenvalue weighted by Gasteiger charge is 2.40. The number of nitrogens with zero attached hydrogens (tertiary/aromatic N) is 1. The fraction of sp³-hybridized carbons (Fsp3) is 0.611. The second-order valence-corrected chi connectivity index (χ2v) is 7.25. The Morgan fingerprint density at radius 1 is 1.35 bits per heavy atom. The van der Waals surface area contributed by atoms with Gasteiger partial charge in [-0.15, -0.1) is 0 Å². The van der Waals surface area contributed by atoms with Gasteiger partial charge in [0.05, 0.1) is 6.54 Å². The molecule has 3 rings (SSSR count). The molecule has 1 aromatic rings.